The third-order valence-corrected chi connectivity index (χ3v) is 4.60. The molecule has 0 saturated heterocycles. The van der Waals surface area contributed by atoms with Gasteiger partial charge in [-0.05, 0) is 60.8 Å². The lowest BCUT2D eigenvalue weighted by Gasteiger charge is -2.11. The quantitative estimate of drug-likeness (QED) is 0.921. The van der Waals surface area contributed by atoms with Gasteiger partial charge in [-0.25, -0.2) is 0 Å². The molecule has 0 radical (unpaired) electrons. The first-order valence-corrected chi connectivity index (χ1v) is 7.16. The van der Waals surface area contributed by atoms with Gasteiger partial charge in [-0.15, -0.1) is 5.10 Å². The summed E-state index contributed by atoms with van der Waals surface area (Å²) in [7, 11) is 0. The van der Waals surface area contributed by atoms with Crippen LogP contribution in [0.15, 0.2) is 18.2 Å². The van der Waals surface area contributed by atoms with Crippen LogP contribution in [-0.2, 0) is 19.3 Å². The number of rotatable bonds is 3. The molecule has 1 aliphatic carbocycles. The third kappa shape index (κ3) is 2.18. The van der Waals surface area contributed by atoms with Gasteiger partial charge in [0.05, 0.1) is 10.6 Å². The normalized spacial score (nSPS) is 15.7. The zero-order valence-electron chi connectivity index (χ0n) is 10.5. The molecule has 0 saturated carbocycles. The van der Waals surface area contributed by atoms with Crippen LogP contribution in [0.3, 0.4) is 0 Å². The van der Waals surface area contributed by atoms with E-state index in [1.165, 1.54) is 47.5 Å². The van der Waals surface area contributed by atoms with Crippen LogP contribution in [0, 0.1) is 6.92 Å². The van der Waals surface area contributed by atoms with E-state index in [-0.39, 0.29) is 6.04 Å². The van der Waals surface area contributed by atoms with E-state index in [1.807, 2.05) is 6.92 Å². The highest BCUT2D eigenvalue weighted by Gasteiger charge is 2.15. The Balaban J connectivity index is 1.79. The summed E-state index contributed by atoms with van der Waals surface area (Å²) in [6.07, 6.45) is 4.62. The summed E-state index contributed by atoms with van der Waals surface area (Å²) in [6.45, 7) is 1.97. The highest BCUT2D eigenvalue weighted by molar-refractivity contribution is 7.05. The molecule has 1 unspecified atom stereocenters. The molecule has 1 aromatic heterocycles. The molecule has 1 aromatic carbocycles. The summed E-state index contributed by atoms with van der Waals surface area (Å²) >= 11 is 1.42. The second-order valence-corrected chi connectivity index (χ2v) is 5.78. The van der Waals surface area contributed by atoms with Crippen molar-refractivity contribution in [1.29, 1.82) is 0 Å². The monoisotopic (exact) mass is 259 g/mol. The molecular formula is C14H17N3S. The lowest BCUT2D eigenvalue weighted by Crippen LogP contribution is -2.13. The summed E-state index contributed by atoms with van der Waals surface area (Å²) in [5, 5.41) is 4.03. The van der Waals surface area contributed by atoms with Crippen molar-refractivity contribution in [2.75, 3.05) is 0 Å². The molecule has 3 nitrogen and oxygen atoms in total. The van der Waals surface area contributed by atoms with Gasteiger partial charge >= 0.3 is 0 Å². The molecule has 2 aromatic rings. The largest absolute Gasteiger partial charge is 0.323 e. The lowest BCUT2D eigenvalue weighted by atomic mass is 10.0. The fraction of sp³-hybridized carbons (Fsp3) is 0.429. The number of benzene rings is 1. The van der Waals surface area contributed by atoms with Crippen LogP contribution in [0.5, 0.6) is 0 Å². The second-order valence-electron chi connectivity index (χ2n) is 4.99. The number of nitrogens with zero attached hydrogens (tertiary/aromatic N) is 2. The number of nitrogens with two attached hydrogens (primary N) is 1. The second kappa shape index (κ2) is 4.78. The van der Waals surface area contributed by atoms with Gasteiger partial charge in [-0.1, -0.05) is 22.7 Å². The number of hydrogen-bond acceptors (Lipinski definition) is 4. The summed E-state index contributed by atoms with van der Waals surface area (Å²) in [6, 6.07) is 6.83. The van der Waals surface area contributed by atoms with E-state index in [1.54, 1.807) is 0 Å². The molecule has 0 bridgehead atoms. The first kappa shape index (κ1) is 11.8. The van der Waals surface area contributed by atoms with E-state index >= 15 is 0 Å². The number of hydrogen-bond donors (Lipinski definition) is 1. The van der Waals surface area contributed by atoms with E-state index in [0.29, 0.717) is 0 Å². The third-order valence-electron chi connectivity index (χ3n) is 3.64. The maximum absolute atomic E-state index is 6.25. The Labute approximate surface area is 111 Å². The molecule has 0 fully saturated rings. The van der Waals surface area contributed by atoms with Crippen LogP contribution < -0.4 is 5.73 Å². The van der Waals surface area contributed by atoms with Crippen LogP contribution in [-0.4, -0.2) is 9.59 Å². The molecule has 18 heavy (non-hydrogen) atoms. The van der Waals surface area contributed by atoms with E-state index in [0.717, 1.165) is 17.0 Å². The van der Waals surface area contributed by atoms with Crippen molar-refractivity contribution in [2.24, 2.45) is 5.73 Å². The van der Waals surface area contributed by atoms with Crippen LogP contribution >= 0.6 is 11.5 Å². The van der Waals surface area contributed by atoms with Crippen molar-refractivity contribution in [3.8, 4) is 0 Å². The molecule has 1 heterocycles. The van der Waals surface area contributed by atoms with Gasteiger partial charge in [0.1, 0.15) is 0 Å². The Morgan fingerprint density at radius 2 is 2.17 bits per heavy atom. The predicted octanol–water partition coefficient (Wildman–Crippen LogP) is 2.58. The van der Waals surface area contributed by atoms with Gasteiger partial charge < -0.3 is 5.73 Å². The molecule has 0 amide bonds. The molecule has 1 aliphatic rings. The van der Waals surface area contributed by atoms with Gasteiger partial charge in [0.25, 0.3) is 0 Å². The van der Waals surface area contributed by atoms with Crippen molar-refractivity contribution in [3.05, 3.63) is 45.5 Å². The first-order chi connectivity index (χ1) is 8.74. The maximum Gasteiger partial charge on any atom is 0.0772 e. The Bertz CT molecular complexity index is 562. The fourth-order valence-electron chi connectivity index (χ4n) is 2.68. The summed E-state index contributed by atoms with van der Waals surface area (Å²) in [4.78, 5) is 1.11. The lowest BCUT2D eigenvalue weighted by molar-refractivity contribution is 0.727. The SMILES string of the molecule is Cc1nnsc1C(N)Cc1ccc2c(c1)CCC2. The standard InChI is InChI=1S/C14H17N3S/c1-9-14(18-17-16-9)13(15)8-10-5-6-11-3-2-4-12(11)7-10/h5-7,13H,2-4,8,15H2,1H3. The average Bonchev–Trinajstić information content (AvgIpc) is 2.96. The highest BCUT2D eigenvalue weighted by atomic mass is 32.1. The molecule has 4 heteroatoms. The summed E-state index contributed by atoms with van der Waals surface area (Å²) in [5.74, 6) is 0. The van der Waals surface area contributed by atoms with Crippen molar-refractivity contribution in [2.45, 2.75) is 38.6 Å². The Morgan fingerprint density at radius 3 is 2.94 bits per heavy atom. The fourth-order valence-corrected chi connectivity index (χ4v) is 3.32. The Kier molecular flexibility index (Phi) is 3.14. The molecule has 1 atom stereocenters. The molecule has 3 rings (SSSR count). The minimum Gasteiger partial charge on any atom is -0.323 e. The minimum atomic E-state index is 0.0180. The van der Waals surface area contributed by atoms with Crippen molar-refractivity contribution < 1.29 is 0 Å². The van der Waals surface area contributed by atoms with Gasteiger partial charge in [-0.3, -0.25) is 0 Å². The number of aromatic nitrogens is 2. The minimum absolute atomic E-state index is 0.0180. The molecule has 0 spiro atoms. The van der Waals surface area contributed by atoms with Crippen molar-refractivity contribution in [1.82, 2.24) is 9.59 Å². The number of aryl methyl sites for hydroxylation is 3. The molecule has 2 N–H and O–H groups in total. The maximum atomic E-state index is 6.25. The zero-order chi connectivity index (χ0) is 12.5. The first-order valence-electron chi connectivity index (χ1n) is 6.39. The Hall–Kier alpha value is -1.26. The Morgan fingerprint density at radius 1 is 1.33 bits per heavy atom. The predicted molar refractivity (Wildman–Crippen MR) is 73.7 cm³/mol. The van der Waals surface area contributed by atoms with Crippen LogP contribution in [0.4, 0.5) is 0 Å². The average molecular weight is 259 g/mol. The van der Waals surface area contributed by atoms with E-state index in [4.69, 9.17) is 5.73 Å². The number of fused-ring (bicyclic) bond motifs is 1. The zero-order valence-corrected chi connectivity index (χ0v) is 11.3. The van der Waals surface area contributed by atoms with Crippen LogP contribution in [0.2, 0.25) is 0 Å². The van der Waals surface area contributed by atoms with E-state index in [9.17, 15) is 0 Å². The van der Waals surface area contributed by atoms with Gasteiger partial charge in [-0.2, -0.15) is 0 Å². The molecule has 94 valence electrons. The topological polar surface area (TPSA) is 51.8 Å². The van der Waals surface area contributed by atoms with Crippen molar-refractivity contribution >= 4 is 11.5 Å². The smallest absolute Gasteiger partial charge is 0.0772 e. The van der Waals surface area contributed by atoms with Gasteiger partial charge in [0.15, 0.2) is 0 Å². The van der Waals surface area contributed by atoms with E-state index in [2.05, 4.69) is 27.8 Å². The molecular weight excluding hydrogens is 242 g/mol. The van der Waals surface area contributed by atoms with Gasteiger partial charge in [0.2, 0.25) is 0 Å². The van der Waals surface area contributed by atoms with Crippen LogP contribution in [0.1, 0.15) is 39.7 Å². The van der Waals surface area contributed by atoms with Gasteiger partial charge in [0, 0.05) is 6.04 Å². The summed E-state index contributed by atoms with van der Waals surface area (Å²) in [5.41, 5.74) is 11.6. The summed E-state index contributed by atoms with van der Waals surface area (Å²) < 4.78 is 3.95. The van der Waals surface area contributed by atoms with Crippen molar-refractivity contribution in [3.63, 3.8) is 0 Å². The van der Waals surface area contributed by atoms with E-state index < -0.39 is 0 Å². The highest BCUT2D eigenvalue weighted by Crippen LogP contribution is 2.26. The molecule has 0 aliphatic heterocycles. The van der Waals surface area contributed by atoms with Crippen LogP contribution in [0.25, 0.3) is 0 Å².